The molecule has 0 bridgehead atoms. The third-order valence-electron chi connectivity index (χ3n) is 3.59. The average Bonchev–Trinajstić information content (AvgIpc) is 2.72. The van der Waals surface area contributed by atoms with Gasteiger partial charge in [-0.15, -0.1) is 11.6 Å². The third kappa shape index (κ3) is 7.85. The van der Waals surface area contributed by atoms with Gasteiger partial charge in [0.1, 0.15) is 24.2 Å². The van der Waals surface area contributed by atoms with Crippen LogP contribution in [-0.2, 0) is 0 Å². The molecule has 10 heteroatoms. The standard InChI is InChI=1S/C19H22Cl3NO5S/c1-23(13-9-17(21)19(18(22)10-13)26-8-2-7-24)29-28-16-5-3-15(4-6-16)27-12-14(25)11-20/h3-6,9-10,14,24-25H,2,7-8,11-12H2,1H3. The SMILES string of the molecule is CN(SOc1ccc(OCC(O)CCl)cc1)c1cc(Cl)c(OCCCO)c(Cl)c1. The number of aliphatic hydroxyl groups excluding tert-OH is 2. The highest BCUT2D eigenvalue weighted by molar-refractivity contribution is 7.96. The second kappa shape index (κ2) is 12.5. The van der Waals surface area contributed by atoms with Crippen LogP contribution < -0.4 is 18.0 Å². The van der Waals surface area contributed by atoms with Gasteiger partial charge in [0.25, 0.3) is 0 Å². The molecule has 0 heterocycles. The fourth-order valence-corrected chi connectivity index (χ4v) is 3.25. The van der Waals surface area contributed by atoms with Crippen LogP contribution in [0.3, 0.4) is 0 Å². The molecule has 160 valence electrons. The van der Waals surface area contributed by atoms with Crippen LogP contribution in [0.15, 0.2) is 36.4 Å². The third-order valence-corrected chi connectivity index (χ3v) is 5.20. The number of alkyl halides is 1. The van der Waals surface area contributed by atoms with Crippen molar-refractivity contribution < 1.29 is 23.9 Å². The largest absolute Gasteiger partial charge is 0.491 e. The Labute approximate surface area is 189 Å². The first kappa shape index (κ1) is 24.1. The summed E-state index contributed by atoms with van der Waals surface area (Å²) >= 11 is 19.2. The molecular weight excluding hydrogens is 461 g/mol. The van der Waals surface area contributed by atoms with E-state index in [0.29, 0.717) is 40.3 Å². The minimum absolute atomic E-state index is 0.0342. The summed E-state index contributed by atoms with van der Waals surface area (Å²) in [5.74, 6) is 1.73. The van der Waals surface area contributed by atoms with Crippen LogP contribution >= 0.6 is 47.0 Å². The summed E-state index contributed by atoms with van der Waals surface area (Å²) in [7, 11) is 1.81. The Morgan fingerprint density at radius 1 is 1.07 bits per heavy atom. The first-order valence-electron chi connectivity index (χ1n) is 8.72. The summed E-state index contributed by atoms with van der Waals surface area (Å²) in [4.78, 5) is 0. The van der Waals surface area contributed by atoms with Gasteiger partial charge >= 0.3 is 0 Å². The molecule has 0 radical (unpaired) electrons. The minimum Gasteiger partial charge on any atom is -0.491 e. The molecule has 2 aromatic carbocycles. The molecule has 2 rings (SSSR count). The van der Waals surface area contributed by atoms with Crippen molar-refractivity contribution in [2.45, 2.75) is 12.5 Å². The lowest BCUT2D eigenvalue weighted by molar-refractivity contribution is 0.125. The van der Waals surface area contributed by atoms with Crippen molar-refractivity contribution in [2.24, 2.45) is 0 Å². The second-order valence-corrected chi connectivity index (χ2v) is 7.90. The lowest BCUT2D eigenvalue weighted by atomic mass is 10.3. The maximum Gasteiger partial charge on any atom is 0.179 e. The zero-order valence-electron chi connectivity index (χ0n) is 15.7. The molecule has 1 atom stereocenters. The van der Waals surface area contributed by atoms with Gasteiger partial charge in [-0.2, -0.15) is 0 Å². The molecule has 2 aromatic rings. The van der Waals surface area contributed by atoms with Crippen LogP contribution in [-0.4, -0.2) is 49.1 Å². The normalized spacial score (nSPS) is 11.8. The number of aliphatic hydroxyl groups is 2. The molecule has 29 heavy (non-hydrogen) atoms. The number of rotatable bonds is 12. The number of hydrogen-bond acceptors (Lipinski definition) is 7. The van der Waals surface area contributed by atoms with E-state index in [1.54, 1.807) is 40.7 Å². The molecular formula is C19H22Cl3NO5S. The molecule has 0 spiro atoms. The van der Waals surface area contributed by atoms with E-state index >= 15 is 0 Å². The van der Waals surface area contributed by atoms with Crippen molar-refractivity contribution in [2.75, 3.05) is 37.1 Å². The number of benzene rings is 2. The smallest absolute Gasteiger partial charge is 0.179 e. The van der Waals surface area contributed by atoms with Gasteiger partial charge in [0.15, 0.2) is 18.0 Å². The van der Waals surface area contributed by atoms with Crippen LogP contribution in [0.4, 0.5) is 5.69 Å². The highest BCUT2D eigenvalue weighted by Gasteiger charge is 2.13. The monoisotopic (exact) mass is 481 g/mol. The van der Waals surface area contributed by atoms with Gasteiger partial charge in [0.05, 0.1) is 28.2 Å². The minimum atomic E-state index is -0.707. The highest BCUT2D eigenvalue weighted by Crippen LogP contribution is 2.38. The molecule has 2 N–H and O–H groups in total. The summed E-state index contributed by atoms with van der Waals surface area (Å²) in [6.07, 6.45) is -0.211. The predicted molar refractivity (Wildman–Crippen MR) is 119 cm³/mol. The first-order valence-corrected chi connectivity index (χ1v) is 10.7. The first-order chi connectivity index (χ1) is 13.9. The lowest BCUT2D eigenvalue weighted by Gasteiger charge is -2.19. The van der Waals surface area contributed by atoms with E-state index in [0.717, 1.165) is 17.9 Å². The van der Waals surface area contributed by atoms with E-state index in [1.165, 1.54) is 0 Å². The van der Waals surface area contributed by atoms with Crippen molar-refractivity contribution in [1.82, 2.24) is 0 Å². The Kier molecular flexibility index (Phi) is 10.3. The van der Waals surface area contributed by atoms with Gasteiger partial charge in [-0.3, -0.25) is 4.31 Å². The Bertz CT molecular complexity index is 743. The summed E-state index contributed by atoms with van der Waals surface area (Å²) in [5.41, 5.74) is 0.731. The number of ether oxygens (including phenoxy) is 2. The van der Waals surface area contributed by atoms with Gasteiger partial charge in [0.2, 0.25) is 0 Å². The van der Waals surface area contributed by atoms with Gasteiger partial charge in [-0.05, 0) is 36.4 Å². The van der Waals surface area contributed by atoms with Crippen LogP contribution in [0.25, 0.3) is 0 Å². The molecule has 0 fully saturated rings. The van der Waals surface area contributed by atoms with Crippen LogP contribution in [0, 0.1) is 0 Å². The van der Waals surface area contributed by atoms with Crippen LogP contribution in [0.2, 0.25) is 10.0 Å². The molecule has 0 aliphatic carbocycles. The van der Waals surface area contributed by atoms with E-state index in [4.69, 9.17) is 53.6 Å². The van der Waals surface area contributed by atoms with Crippen molar-refractivity contribution in [1.29, 1.82) is 0 Å². The van der Waals surface area contributed by atoms with Crippen LogP contribution in [0.5, 0.6) is 17.2 Å². The molecule has 0 saturated carbocycles. The highest BCUT2D eigenvalue weighted by atomic mass is 35.5. The van der Waals surface area contributed by atoms with Crippen molar-refractivity contribution in [3.63, 3.8) is 0 Å². The zero-order valence-corrected chi connectivity index (χ0v) is 18.8. The Morgan fingerprint density at radius 3 is 2.28 bits per heavy atom. The number of anilines is 1. The van der Waals surface area contributed by atoms with Crippen molar-refractivity contribution >= 4 is 52.7 Å². The number of nitrogens with zero attached hydrogens (tertiary/aromatic N) is 1. The van der Waals surface area contributed by atoms with E-state index in [2.05, 4.69) is 0 Å². The van der Waals surface area contributed by atoms with Gasteiger partial charge < -0.3 is 23.9 Å². The van der Waals surface area contributed by atoms with Crippen LogP contribution in [0.1, 0.15) is 6.42 Å². The van der Waals surface area contributed by atoms with E-state index in [1.807, 2.05) is 7.05 Å². The second-order valence-electron chi connectivity index (χ2n) is 5.91. The Balaban J connectivity index is 1.90. The molecule has 0 aliphatic rings. The lowest BCUT2D eigenvalue weighted by Crippen LogP contribution is -2.18. The predicted octanol–water partition coefficient (Wildman–Crippen LogP) is 4.81. The molecule has 1 unspecified atom stereocenters. The quantitative estimate of drug-likeness (QED) is 0.195. The zero-order chi connectivity index (χ0) is 21.2. The summed E-state index contributed by atoms with van der Waals surface area (Å²) < 4.78 is 18.4. The molecule has 0 aliphatic heterocycles. The van der Waals surface area contributed by atoms with Crippen molar-refractivity contribution in [3.8, 4) is 17.2 Å². The fraction of sp³-hybridized carbons (Fsp3) is 0.368. The molecule has 0 saturated heterocycles. The van der Waals surface area contributed by atoms with E-state index in [9.17, 15) is 5.11 Å². The average molecular weight is 483 g/mol. The topological polar surface area (TPSA) is 71.4 Å². The number of hydrogen-bond donors (Lipinski definition) is 2. The maximum atomic E-state index is 9.41. The number of halogens is 3. The fourth-order valence-electron chi connectivity index (χ4n) is 2.08. The van der Waals surface area contributed by atoms with Gasteiger partial charge in [-0.1, -0.05) is 23.2 Å². The summed E-state index contributed by atoms with van der Waals surface area (Å²) in [6.45, 7) is 0.489. The Morgan fingerprint density at radius 2 is 1.69 bits per heavy atom. The van der Waals surface area contributed by atoms with Gasteiger partial charge in [-0.25, -0.2) is 0 Å². The maximum absolute atomic E-state index is 9.41. The Hall–Kier alpha value is -1.22. The molecule has 0 amide bonds. The van der Waals surface area contributed by atoms with Crippen molar-refractivity contribution in [3.05, 3.63) is 46.4 Å². The molecule has 0 aromatic heterocycles. The van der Waals surface area contributed by atoms with E-state index < -0.39 is 6.10 Å². The van der Waals surface area contributed by atoms with E-state index in [-0.39, 0.29) is 19.1 Å². The van der Waals surface area contributed by atoms with Gasteiger partial charge in [0, 0.05) is 20.1 Å². The molecule has 6 nitrogen and oxygen atoms in total. The summed E-state index contributed by atoms with van der Waals surface area (Å²) in [6, 6.07) is 10.4. The summed E-state index contributed by atoms with van der Waals surface area (Å²) in [5, 5.41) is 19.0.